The van der Waals surface area contributed by atoms with Gasteiger partial charge in [-0.2, -0.15) is 5.10 Å². The molecule has 37 heavy (non-hydrogen) atoms. The number of anilines is 1. The third-order valence-electron chi connectivity index (χ3n) is 5.84. The molecule has 3 aromatic carbocycles. The molecule has 0 unspecified atom stereocenters. The molecule has 0 bridgehead atoms. The number of hydrogen-bond acceptors (Lipinski definition) is 6. The van der Waals surface area contributed by atoms with Crippen LogP contribution in [0.4, 0.5) is 11.4 Å². The van der Waals surface area contributed by atoms with Crippen LogP contribution in [0.5, 0.6) is 0 Å². The van der Waals surface area contributed by atoms with Gasteiger partial charge in [-0.25, -0.2) is 5.43 Å². The van der Waals surface area contributed by atoms with Crippen LogP contribution in [-0.2, 0) is 9.59 Å². The molecule has 0 aliphatic heterocycles. The zero-order valence-electron chi connectivity index (χ0n) is 21.3. The Bertz CT molecular complexity index is 1220. The minimum Gasteiger partial charge on any atom is -0.372 e. The van der Waals surface area contributed by atoms with Crippen molar-refractivity contribution >= 4 is 29.4 Å². The Balaban J connectivity index is 1.76. The van der Waals surface area contributed by atoms with Gasteiger partial charge in [0.05, 0.1) is 17.1 Å². The quantitative estimate of drug-likeness (QED) is 0.247. The van der Waals surface area contributed by atoms with E-state index in [0.717, 1.165) is 11.1 Å². The molecule has 3 rings (SSSR count). The molecule has 0 aromatic heterocycles. The van der Waals surface area contributed by atoms with E-state index in [1.165, 1.54) is 12.3 Å². The van der Waals surface area contributed by atoms with Crippen molar-refractivity contribution in [1.82, 2.24) is 10.7 Å². The number of nitrogens with one attached hydrogen (secondary N) is 2. The number of hydrazone groups is 1. The SMILES string of the molecule is CC(C)[C@@H](NC(=O)C(c1ccccc1)c1ccccc1)C(=O)N/N=C\c1ccc(N(C)C)c([N+](=O)[O-])c1. The van der Waals surface area contributed by atoms with Crippen LogP contribution in [0.15, 0.2) is 84.0 Å². The average Bonchev–Trinajstić information content (AvgIpc) is 2.88. The van der Waals surface area contributed by atoms with E-state index in [1.807, 2.05) is 74.5 Å². The first-order chi connectivity index (χ1) is 17.7. The molecule has 0 spiro atoms. The van der Waals surface area contributed by atoms with E-state index in [1.54, 1.807) is 31.1 Å². The number of rotatable bonds is 10. The number of hydrogen-bond donors (Lipinski definition) is 2. The maximum Gasteiger partial charge on any atom is 0.293 e. The summed E-state index contributed by atoms with van der Waals surface area (Å²) in [5, 5.41) is 18.3. The lowest BCUT2D eigenvalue weighted by Gasteiger charge is -2.24. The molecule has 0 saturated carbocycles. The van der Waals surface area contributed by atoms with Crippen LogP contribution in [0.1, 0.15) is 36.5 Å². The molecule has 0 fully saturated rings. The van der Waals surface area contributed by atoms with Crippen molar-refractivity contribution in [3.63, 3.8) is 0 Å². The molecule has 9 heteroatoms. The van der Waals surface area contributed by atoms with Gasteiger partial charge in [0.1, 0.15) is 11.7 Å². The van der Waals surface area contributed by atoms with Gasteiger partial charge in [-0.1, -0.05) is 80.6 Å². The van der Waals surface area contributed by atoms with Crippen molar-refractivity contribution in [3.8, 4) is 0 Å². The average molecular weight is 502 g/mol. The highest BCUT2D eigenvalue weighted by Crippen LogP contribution is 2.27. The number of carbonyl (C=O) groups excluding carboxylic acids is 2. The molecule has 0 saturated heterocycles. The van der Waals surface area contributed by atoms with E-state index >= 15 is 0 Å². The first kappa shape index (κ1) is 27.1. The summed E-state index contributed by atoms with van der Waals surface area (Å²) >= 11 is 0. The third kappa shape index (κ3) is 7.00. The van der Waals surface area contributed by atoms with Crippen molar-refractivity contribution in [1.29, 1.82) is 0 Å². The number of nitro groups is 1. The zero-order valence-corrected chi connectivity index (χ0v) is 21.3. The lowest BCUT2D eigenvalue weighted by molar-refractivity contribution is -0.384. The van der Waals surface area contributed by atoms with Crippen LogP contribution in [0, 0.1) is 16.0 Å². The Morgan fingerprint density at radius 1 is 0.919 bits per heavy atom. The molecule has 3 aromatic rings. The second kappa shape index (κ2) is 12.4. The maximum absolute atomic E-state index is 13.4. The lowest BCUT2D eigenvalue weighted by atomic mass is 9.89. The summed E-state index contributed by atoms with van der Waals surface area (Å²) in [6.07, 6.45) is 1.33. The number of carbonyl (C=O) groups is 2. The van der Waals surface area contributed by atoms with Crippen molar-refractivity contribution < 1.29 is 14.5 Å². The van der Waals surface area contributed by atoms with E-state index in [0.29, 0.717) is 11.3 Å². The van der Waals surface area contributed by atoms with Crippen molar-refractivity contribution in [2.24, 2.45) is 11.0 Å². The highest BCUT2D eigenvalue weighted by atomic mass is 16.6. The van der Waals surface area contributed by atoms with E-state index < -0.39 is 22.8 Å². The van der Waals surface area contributed by atoms with E-state index in [2.05, 4.69) is 15.8 Å². The molecule has 2 N–H and O–H groups in total. The fraction of sp³-hybridized carbons (Fsp3) is 0.250. The Labute approximate surface area is 216 Å². The summed E-state index contributed by atoms with van der Waals surface area (Å²) in [7, 11) is 3.44. The van der Waals surface area contributed by atoms with Crippen LogP contribution in [0.2, 0.25) is 0 Å². The minimum absolute atomic E-state index is 0.0690. The van der Waals surface area contributed by atoms with Gasteiger partial charge in [0, 0.05) is 25.7 Å². The Hall–Kier alpha value is -4.53. The van der Waals surface area contributed by atoms with Gasteiger partial charge in [-0.15, -0.1) is 0 Å². The van der Waals surface area contributed by atoms with Crippen molar-refractivity contribution in [3.05, 3.63) is 106 Å². The normalized spacial score (nSPS) is 11.9. The van der Waals surface area contributed by atoms with Crippen LogP contribution in [0.25, 0.3) is 0 Å². The standard InChI is InChI=1S/C28H31N5O4/c1-19(2)26(28(35)31-29-18-20-15-16-23(32(3)4)24(17-20)33(36)37)30-27(34)25(21-11-7-5-8-12-21)22-13-9-6-10-14-22/h5-19,25-26H,1-4H3,(H,30,34)(H,31,35)/b29-18-/t26-/m1/s1. The molecule has 1 atom stereocenters. The van der Waals surface area contributed by atoms with E-state index in [9.17, 15) is 19.7 Å². The second-order valence-corrected chi connectivity index (χ2v) is 9.12. The first-order valence-electron chi connectivity index (χ1n) is 11.9. The lowest BCUT2D eigenvalue weighted by Crippen LogP contribution is -2.50. The number of amides is 2. The summed E-state index contributed by atoms with van der Waals surface area (Å²) in [4.78, 5) is 39.0. The van der Waals surface area contributed by atoms with Crippen LogP contribution in [0.3, 0.4) is 0 Å². The van der Waals surface area contributed by atoms with E-state index in [-0.39, 0.29) is 17.5 Å². The van der Waals surface area contributed by atoms with Gasteiger partial charge < -0.3 is 10.2 Å². The molecule has 0 radical (unpaired) electrons. The minimum atomic E-state index is -0.843. The molecule has 192 valence electrons. The summed E-state index contributed by atoms with van der Waals surface area (Å²) in [6.45, 7) is 3.66. The Morgan fingerprint density at radius 3 is 1.97 bits per heavy atom. The monoisotopic (exact) mass is 501 g/mol. The topological polar surface area (TPSA) is 117 Å². The van der Waals surface area contributed by atoms with Gasteiger partial charge in [0.2, 0.25) is 5.91 Å². The first-order valence-corrected chi connectivity index (χ1v) is 11.9. The molecule has 9 nitrogen and oxygen atoms in total. The zero-order chi connectivity index (χ0) is 26.9. The van der Waals surface area contributed by atoms with Gasteiger partial charge >= 0.3 is 0 Å². The van der Waals surface area contributed by atoms with Gasteiger partial charge in [0.25, 0.3) is 11.6 Å². The fourth-order valence-electron chi connectivity index (χ4n) is 3.94. The van der Waals surface area contributed by atoms with E-state index in [4.69, 9.17) is 0 Å². The van der Waals surface area contributed by atoms with Crippen LogP contribution >= 0.6 is 0 Å². The summed E-state index contributed by atoms with van der Waals surface area (Å²) < 4.78 is 0. The van der Waals surface area contributed by atoms with Crippen molar-refractivity contribution in [2.45, 2.75) is 25.8 Å². The molecule has 2 amide bonds. The molecule has 0 aliphatic rings. The molecule has 0 heterocycles. The van der Waals surface area contributed by atoms with Gasteiger partial charge in [-0.3, -0.25) is 19.7 Å². The second-order valence-electron chi connectivity index (χ2n) is 9.12. The number of benzene rings is 3. The fourth-order valence-corrected chi connectivity index (χ4v) is 3.94. The summed E-state index contributed by atoms with van der Waals surface area (Å²) in [6, 6.07) is 22.6. The smallest absolute Gasteiger partial charge is 0.293 e. The number of nitro benzene ring substituents is 1. The van der Waals surface area contributed by atoms with Crippen LogP contribution in [-0.4, -0.2) is 43.1 Å². The predicted molar refractivity (Wildman–Crippen MR) is 145 cm³/mol. The summed E-state index contributed by atoms with van der Waals surface area (Å²) in [5.74, 6) is -1.59. The number of nitrogens with zero attached hydrogens (tertiary/aromatic N) is 3. The largest absolute Gasteiger partial charge is 0.372 e. The summed E-state index contributed by atoms with van der Waals surface area (Å²) in [5.41, 5.74) is 4.93. The molecule has 0 aliphatic carbocycles. The van der Waals surface area contributed by atoms with Crippen LogP contribution < -0.4 is 15.6 Å². The third-order valence-corrected chi connectivity index (χ3v) is 5.84. The van der Waals surface area contributed by atoms with Gasteiger partial charge in [0.15, 0.2) is 0 Å². The molecular weight excluding hydrogens is 470 g/mol. The van der Waals surface area contributed by atoms with Gasteiger partial charge in [-0.05, 0) is 23.1 Å². The van der Waals surface area contributed by atoms with Crippen molar-refractivity contribution in [2.75, 3.05) is 19.0 Å². The molecular formula is C28H31N5O4. The highest BCUT2D eigenvalue weighted by molar-refractivity contribution is 5.93. The predicted octanol–water partition coefficient (Wildman–Crippen LogP) is 4.08. The highest BCUT2D eigenvalue weighted by Gasteiger charge is 2.29. The maximum atomic E-state index is 13.4. The Kier molecular flexibility index (Phi) is 9.10. The Morgan fingerprint density at radius 2 is 1.49 bits per heavy atom.